The van der Waals surface area contributed by atoms with Gasteiger partial charge in [0.1, 0.15) is 0 Å². The summed E-state index contributed by atoms with van der Waals surface area (Å²) in [4.78, 5) is 11.9. The van der Waals surface area contributed by atoms with E-state index in [1.54, 1.807) is 0 Å². The minimum Gasteiger partial charge on any atom is -0.353 e. The summed E-state index contributed by atoms with van der Waals surface area (Å²) in [6.45, 7) is 3.27. The molecule has 0 aliphatic heterocycles. The molecule has 4 atom stereocenters. The molecule has 0 saturated heterocycles. The number of carbonyl (C=O) groups excluding carboxylic acids is 1. The van der Waals surface area contributed by atoms with E-state index in [2.05, 4.69) is 5.32 Å². The Bertz CT molecular complexity index is 294. The van der Waals surface area contributed by atoms with Crippen LogP contribution in [0.15, 0.2) is 0 Å². The molecule has 4 unspecified atom stereocenters. The third-order valence-corrected chi connectivity index (χ3v) is 3.63. The number of amides is 1. The van der Waals surface area contributed by atoms with Gasteiger partial charge in [-0.25, -0.2) is 0 Å². The van der Waals surface area contributed by atoms with E-state index >= 15 is 0 Å². The lowest BCUT2D eigenvalue weighted by atomic mass is 9.77. The van der Waals surface area contributed by atoms with Gasteiger partial charge in [-0.1, -0.05) is 13.3 Å². The fraction of sp³-hybridized carbons (Fsp3) is 0.917. The first-order valence-electron chi connectivity index (χ1n) is 6.33. The molecule has 1 aliphatic rings. The summed E-state index contributed by atoms with van der Waals surface area (Å²) in [7, 11) is 0. The molecule has 1 fully saturated rings. The Balaban J connectivity index is 2.49. The highest BCUT2D eigenvalue weighted by Crippen LogP contribution is 2.29. The molecule has 3 N–H and O–H groups in total. The van der Waals surface area contributed by atoms with Crippen LogP contribution in [0.25, 0.3) is 0 Å². The number of hydrogen-bond acceptors (Lipinski definition) is 2. The summed E-state index contributed by atoms with van der Waals surface area (Å²) < 4.78 is 36.5. The van der Waals surface area contributed by atoms with Crippen molar-refractivity contribution in [2.24, 2.45) is 17.6 Å². The number of hydrogen-bond donors (Lipinski definition) is 2. The Hall–Kier alpha value is -0.780. The van der Waals surface area contributed by atoms with Gasteiger partial charge in [0.25, 0.3) is 0 Å². The minimum atomic E-state index is -4.25. The highest BCUT2D eigenvalue weighted by molar-refractivity contribution is 5.79. The van der Waals surface area contributed by atoms with Crippen LogP contribution in [0.1, 0.15) is 39.5 Å². The van der Waals surface area contributed by atoms with Crippen LogP contribution >= 0.6 is 0 Å². The van der Waals surface area contributed by atoms with Gasteiger partial charge < -0.3 is 11.1 Å². The normalized spacial score (nSPS) is 30.9. The van der Waals surface area contributed by atoms with Crippen molar-refractivity contribution >= 4 is 5.91 Å². The maximum Gasteiger partial charge on any atom is 0.391 e. The topological polar surface area (TPSA) is 55.1 Å². The monoisotopic (exact) mass is 266 g/mol. The molecule has 1 aliphatic carbocycles. The SMILES string of the molecule is CC(CC(F)(F)F)NC(=O)C1CCCC(N)C1C. The second kappa shape index (κ2) is 5.91. The van der Waals surface area contributed by atoms with Crippen LogP contribution in [-0.4, -0.2) is 24.2 Å². The van der Waals surface area contributed by atoms with Crippen LogP contribution in [0.3, 0.4) is 0 Å². The zero-order chi connectivity index (χ0) is 13.9. The third-order valence-electron chi connectivity index (χ3n) is 3.63. The Morgan fingerprint density at radius 2 is 2.06 bits per heavy atom. The van der Waals surface area contributed by atoms with Gasteiger partial charge in [0.15, 0.2) is 0 Å². The number of nitrogens with one attached hydrogen (secondary N) is 1. The molecule has 6 heteroatoms. The first-order chi connectivity index (χ1) is 8.20. The van der Waals surface area contributed by atoms with Crippen molar-refractivity contribution in [1.82, 2.24) is 5.32 Å². The van der Waals surface area contributed by atoms with Crippen LogP contribution in [0, 0.1) is 11.8 Å². The van der Waals surface area contributed by atoms with E-state index in [0.717, 1.165) is 12.8 Å². The van der Waals surface area contributed by atoms with Crippen molar-refractivity contribution in [3.8, 4) is 0 Å². The smallest absolute Gasteiger partial charge is 0.353 e. The Kier molecular flexibility index (Phi) is 5.01. The highest BCUT2D eigenvalue weighted by Gasteiger charge is 2.35. The Morgan fingerprint density at radius 1 is 1.44 bits per heavy atom. The molecule has 0 aromatic carbocycles. The zero-order valence-corrected chi connectivity index (χ0v) is 10.8. The summed E-state index contributed by atoms with van der Waals surface area (Å²) in [6.07, 6.45) is -2.80. The van der Waals surface area contributed by atoms with E-state index in [1.165, 1.54) is 6.92 Å². The van der Waals surface area contributed by atoms with Crippen molar-refractivity contribution in [3.05, 3.63) is 0 Å². The number of rotatable bonds is 3. The molecule has 1 saturated carbocycles. The van der Waals surface area contributed by atoms with Gasteiger partial charge in [-0.2, -0.15) is 13.2 Å². The van der Waals surface area contributed by atoms with Crippen molar-refractivity contribution in [2.45, 2.75) is 57.8 Å². The summed E-state index contributed by atoms with van der Waals surface area (Å²) in [5, 5.41) is 2.44. The van der Waals surface area contributed by atoms with E-state index in [4.69, 9.17) is 5.73 Å². The summed E-state index contributed by atoms with van der Waals surface area (Å²) in [5.74, 6) is -0.532. The van der Waals surface area contributed by atoms with Crippen LogP contribution in [0.2, 0.25) is 0 Å². The maximum atomic E-state index is 12.2. The number of halogens is 3. The second-order valence-electron chi connectivity index (χ2n) is 5.29. The van der Waals surface area contributed by atoms with Gasteiger partial charge in [0.2, 0.25) is 5.91 Å². The highest BCUT2D eigenvalue weighted by atomic mass is 19.4. The van der Waals surface area contributed by atoms with E-state index in [-0.39, 0.29) is 23.8 Å². The number of nitrogens with two attached hydrogens (primary N) is 1. The molecular formula is C12H21F3N2O. The average molecular weight is 266 g/mol. The molecule has 1 rings (SSSR count). The standard InChI is InChI=1S/C12H21F3N2O/c1-7(6-12(13,14)15)17-11(18)9-4-3-5-10(16)8(9)2/h7-10H,3-6,16H2,1-2H3,(H,17,18). The van der Waals surface area contributed by atoms with E-state index in [9.17, 15) is 18.0 Å². The van der Waals surface area contributed by atoms with Gasteiger partial charge in [-0.3, -0.25) is 4.79 Å². The summed E-state index contributed by atoms with van der Waals surface area (Å²) in [6, 6.07) is -0.921. The van der Waals surface area contributed by atoms with Gasteiger partial charge in [0.05, 0.1) is 6.42 Å². The molecule has 0 spiro atoms. The number of alkyl halides is 3. The first-order valence-corrected chi connectivity index (χ1v) is 6.33. The molecule has 0 radical (unpaired) electrons. The van der Waals surface area contributed by atoms with Crippen LogP contribution in [0.5, 0.6) is 0 Å². The largest absolute Gasteiger partial charge is 0.391 e. The van der Waals surface area contributed by atoms with E-state index < -0.39 is 18.6 Å². The van der Waals surface area contributed by atoms with Gasteiger partial charge in [-0.05, 0) is 25.7 Å². The van der Waals surface area contributed by atoms with Crippen LogP contribution < -0.4 is 11.1 Å². The number of carbonyl (C=O) groups is 1. The molecule has 0 bridgehead atoms. The summed E-state index contributed by atoms with van der Waals surface area (Å²) in [5.41, 5.74) is 5.88. The fourth-order valence-electron chi connectivity index (χ4n) is 2.52. The van der Waals surface area contributed by atoms with Crippen LogP contribution in [-0.2, 0) is 4.79 Å². The lowest BCUT2D eigenvalue weighted by Gasteiger charge is -2.33. The first kappa shape index (κ1) is 15.3. The molecule has 106 valence electrons. The lowest BCUT2D eigenvalue weighted by Crippen LogP contribution is -2.47. The molecular weight excluding hydrogens is 245 g/mol. The Morgan fingerprint density at radius 3 is 2.61 bits per heavy atom. The molecule has 0 aromatic heterocycles. The van der Waals surface area contributed by atoms with Gasteiger partial charge in [0, 0.05) is 18.0 Å². The van der Waals surface area contributed by atoms with Crippen molar-refractivity contribution < 1.29 is 18.0 Å². The fourth-order valence-corrected chi connectivity index (χ4v) is 2.52. The third kappa shape index (κ3) is 4.48. The van der Waals surface area contributed by atoms with Gasteiger partial charge >= 0.3 is 6.18 Å². The maximum absolute atomic E-state index is 12.2. The van der Waals surface area contributed by atoms with Crippen molar-refractivity contribution in [2.75, 3.05) is 0 Å². The van der Waals surface area contributed by atoms with Crippen LogP contribution in [0.4, 0.5) is 13.2 Å². The van der Waals surface area contributed by atoms with E-state index in [0.29, 0.717) is 6.42 Å². The van der Waals surface area contributed by atoms with Gasteiger partial charge in [-0.15, -0.1) is 0 Å². The average Bonchev–Trinajstić information content (AvgIpc) is 2.18. The molecule has 1 amide bonds. The van der Waals surface area contributed by atoms with Crippen molar-refractivity contribution in [3.63, 3.8) is 0 Å². The minimum absolute atomic E-state index is 0.0248. The quantitative estimate of drug-likeness (QED) is 0.823. The predicted molar refractivity (Wildman–Crippen MR) is 62.8 cm³/mol. The Labute approximate surface area is 105 Å². The van der Waals surface area contributed by atoms with Crippen molar-refractivity contribution in [1.29, 1.82) is 0 Å². The molecule has 0 heterocycles. The molecule has 0 aromatic rings. The van der Waals surface area contributed by atoms with E-state index in [1.807, 2.05) is 6.92 Å². The molecule has 18 heavy (non-hydrogen) atoms. The lowest BCUT2D eigenvalue weighted by molar-refractivity contribution is -0.143. The molecule has 3 nitrogen and oxygen atoms in total. The second-order valence-corrected chi connectivity index (χ2v) is 5.29. The predicted octanol–water partition coefficient (Wildman–Crippen LogP) is 2.21. The summed E-state index contributed by atoms with van der Waals surface area (Å²) >= 11 is 0. The zero-order valence-electron chi connectivity index (χ0n) is 10.8.